The Morgan fingerprint density at radius 1 is 1.38 bits per heavy atom. The van der Waals surface area contributed by atoms with Crippen molar-refractivity contribution in [3.63, 3.8) is 0 Å². The quantitative estimate of drug-likeness (QED) is 0.567. The topological polar surface area (TPSA) is 58.2 Å². The number of hydrogen-bond donors (Lipinski definition) is 2. The molecule has 13 heavy (non-hydrogen) atoms. The van der Waals surface area contributed by atoms with E-state index in [9.17, 15) is 9.59 Å². The van der Waals surface area contributed by atoms with Gasteiger partial charge < -0.3 is 10.6 Å². The highest BCUT2D eigenvalue weighted by atomic mass is 16.2. The van der Waals surface area contributed by atoms with Gasteiger partial charge in [0.15, 0.2) is 0 Å². The van der Waals surface area contributed by atoms with Gasteiger partial charge in [-0.25, -0.2) is 0 Å². The summed E-state index contributed by atoms with van der Waals surface area (Å²) in [4.78, 5) is 22.5. The first-order valence-electron chi connectivity index (χ1n) is 4.34. The molecule has 1 atom stereocenters. The molecule has 2 N–H and O–H groups in total. The molecular weight excluding hydrogens is 168 g/mol. The number of allylic oxidation sites excluding steroid dienone is 1. The van der Waals surface area contributed by atoms with Gasteiger partial charge in [0.05, 0.1) is 0 Å². The van der Waals surface area contributed by atoms with E-state index in [4.69, 9.17) is 0 Å². The fraction of sp³-hybridized carbons (Fsp3) is 0.556. The summed E-state index contributed by atoms with van der Waals surface area (Å²) >= 11 is 0. The highest BCUT2D eigenvalue weighted by Gasteiger charge is 2.25. The van der Waals surface area contributed by atoms with Crippen LogP contribution in [0.15, 0.2) is 11.8 Å². The van der Waals surface area contributed by atoms with Gasteiger partial charge in [0, 0.05) is 0 Å². The molecule has 0 aromatic carbocycles. The third-order valence-corrected chi connectivity index (χ3v) is 1.74. The average Bonchev–Trinajstić information content (AvgIpc) is 1.99. The molecule has 0 radical (unpaired) electrons. The summed E-state index contributed by atoms with van der Waals surface area (Å²) in [6.07, 6.45) is 1.74. The molecule has 1 aliphatic heterocycles. The van der Waals surface area contributed by atoms with Crippen molar-refractivity contribution in [2.24, 2.45) is 5.92 Å². The average molecular weight is 182 g/mol. The van der Waals surface area contributed by atoms with Crippen LogP contribution in [0.25, 0.3) is 0 Å². The number of nitrogens with one attached hydrogen (secondary N) is 2. The fourth-order valence-electron chi connectivity index (χ4n) is 1.09. The second kappa shape index (κ2) is 3.60. The van der Waals surface area contributed by atoms with E-state index in [1.165, 1.54) is 0 Å². The molecule has 2 amide bonds. The number of hydrogen-bond acceptors (Lipinski definition) is 2. The molecule has 0 spiro atoms. The molecule has 0 bridgehead atoms. The van der Waals surface area contributed by atoms with E-state index in [2.05, 4.69) is 10.6 Å². The minimum atomic E-state index is -0.434. The molecule has 1 aliphatic rings. The van der Waals surface area contributed by atoms with E-state index in [1.807, 2.05) is 13.8 Å². The zero-order chi connectivity index (χ0) is 10.0. The van der Waals surface area contributed by atoms with Crippen LogP contribution >= 0.6 is 0 Å². The molecule has 0 aromatic heterocycles. The van der Waals surface area contributed by atoms with Gasteiger partial charge in [0.1, 0.15) is 11.7 Å². The first-order valence-corrected chi connectivity index (χ1v) is 4.34. The second-order valence-corrected chi connectivity index (χ2v) is 3.51. The summed E-state index contributed by atoms with van der Waals surface area (Å²) in [6, 6.07) is -0.434. The van der Waals surface area contributed by atoms with Crippen LogP contribution < -0.4 is 10.6 Å². The Labute approximate surface area is 77.4 Å². The molecule has 4 nitrogen and oxygen atoms in total. The van der Waals surface area contributed by atoms with Gasteiger partial charge in [-0.1, -0.05) is 19.9 Å². The van der Waals surface area contributed by atoms with Gasteiger partial charge in [0.2, 0.25) is 5.91 Å². The van der Waals surface area contributed by atoms with Crippen molar-refractivity contribution in [2.45, 2.75) is 26.8 Å². The maximum absolute atomic E-state index is 11.3. The third kappa shape index (κ3) is 2.31. The predicted molar refractivity (Wildman–Crippen MR) is 48.7 cm³/mol. The number of amides is 2. The van der Waals surface area contributed by atoms with Gasteiger partial charge in [-0.2, -0.15) is 0 Å². The molecule has 0 aromatic rings. The maximum Gasteiger partial charge on any atom is 0.268 e. The zero-order valence-electron chi connectivity index (χ0n) is 8.05. The summed E-state index contributed by atoms with van der Waals surface area (Å²) in [5, 5.41) is 5.12. The van der Waals surface area contributed by atoms with E-state index >= 15 is 0 Å². The first-order chi connectivity index (χ1) is 6.00. The normalized spacial score (nSPS) is 26.2. The van der Waals surface area contributed by atoms with Gasteiger partial charge in [-0.15, -0.1) is 0 Å². The minimum Gasteiger partial charge on any atom is -0.339 e. The Kier molecular flexibility index (Phi) is 2.70. The lowest BCUT2D eigenvalue weighted by Gasteiger charge is -2.22. The molecule has 1 fully saturated rings. The number of carbonyl (C=O) groups excluding carboxylic acids is 2. The van der Waals surface area contributed by atoms with Gasteiger partial charge in [-0.3, -0.25) is 9.59 Å². The van der Waals surface area contributed by atoms with Crippen molar-refractivity contribution in [1.82, 2.24) is 10.6 Å². The van der Waals surface area contributed by atoms with Gasteiger partial charge >= 0.3 is 0 Å². The van der Waals surface area contributed by atoms with Gasteiger partial charge in [0.25, 0.3) is 5.91 Å². The van der Waals surface area contributed by atoms with Crippen molar-refractivity contribution in [3.05, 3.63) is 11.8 Å². The van der Waals surface area contributed by atoms with E-state index < -0.39 is 6.04 Å². The third-order valence-electron chi connectivity index (χ3n) is 1.74. The van der Waals surface area contributed by atoms with Crippen molar-refractivity contribution in [2.75, 3.05) is 0 Å². The smallest absolute Gasteiger partial charge is 0.268 e. The zero-order valence-corrected chi connectivity index (χ0v) is 8.05. The molecule has 72 valence electrons. The standard InChI is InChI=1S/C9H14N2O2/c1-5(2)4-7-9(13)10-6(3)8(12)11-7/h4-6H,1-3H3,(H,10,13)(H,11,12)/b7-4+/t6-/m1/s1. The Bertz CT molecular complexity index is 269. The number of carbonyl (C=O) groups is 2. The van der Waals surface area contributed by atoms with Crippen LogP contribution in [-0.2, 0) is 9.59 Å². The molecule has 0 aliphatic carbocycles. The van der Waals surface area contributed by atoms with Crippen LogP contribution in [0, 0.1) is 5.92 Å². The second-order valence-electron chi connectivity index (χ2n) is 3.51. The Balaban J connectivity index is 2.78. The molecule has 1 saturated heterocycles. The van der Waals surface area contributed by atoms with Crippen molar-refractivity contribution < 1.29 is 9.59 Å². The molecule has 1 rings (SSSR count). The summed E-state index contributed by atoms with van der Waals surface area (Å²) in [7, 11) is 0. The van der Waals surface area contributed by atoms with Crippen LogP contribution in [0.2, 0.25) is 0 Å². The lowest BCUT2D eigenvalue weighted by molar-refractivity contribution is -0.130. The fourth-order valence-corrected chi connectivity index (χ4v) is 1.09. The molecule has 0 unspecified atom stereocenters. The largest absolute Gasteiger partial charge is 0.339 e. The van der Waals surface area contributed by atoms with E-state index in [0.29, 0.717) is 5.70 Å². The highest BCUT2D eigenvalue weighted by molar-refractivity contribution is 6.04. The molecule has 0 saturated carbocycles. The molecular formula is C9H14N2O2. The van der Waals surface area contributed by atoms with E-state index in [-0.39, 0.29) is 17.7 Å². The predicted octanol–water partition coefficient (Wildman–Crippen LogP) is 0.161. The Morgan fingerprint density at radius 2 is 2.00 bits per heavy atom. The van der Waals surface area contributed by atoms with Crippen LogP contribution in [-0.4, -0.2) is 17.9 Å². The minimum absolute atomic E-state index is 0.161. The summed E-state index contributed by atoms with van der Waals surface area (Å²) in [5.41, 5.74) is 0.359. The van der Waals surface area contributed by atoms with Crippen LogP contribution in [0.4, 0.5) is 0 Å². The van der Waals surface area contributed by atoms with Crippen molar-refractivity contribution >= 4 is 11.8 Å². The monoisotopic (exact) mass is 182 g/mol. The molecule has 4 heteroatoms. The summed E-state index contributed by atoms with van der Waals surface area (Å²) in [6.45, 7) is 5.55. The number of piperazine rings is 1. The van der Waals surface area contributed by atoms with Crippen molar-refractivity contribution in [3.8, 4) is 0 Å². The summed E-state index contributed by atoms with van der Waals surface area (Å²) in [5.74, 6) is -0.123. The Hall–Kier alpha value is -1.32. The maximum atomic E-state index is 11.3. The van der Waals surface area contributed by atoms with Crippen LogP contribution in [0.5, 0.6) is 0 Å². The van der Waals surface area contributed by atoms with Crippen LogP contribution in [0.3, 0.4) is 0 Å². The lowest BCUT2D eigenvalue weighted by Crippen LogP contribution is -2.53. The van der Waals surface area contributed by atoms with E-state index in [1.54, 1.807) is 13.0 Å². The summed E-state index contributed by atoms with van der Waals surface area (Å²) < 4.78 is 0. The van der Waals surface area contributed by atoms with Crippen molar-refractivity contribution in [1.29, 1.82) is 0 Å². The SMILES string of the molecule is CC(C)/C=C1/NC(=O)[C@@H](C)NC1=O. The Morgan fingerprint density at radius 3 is 2.54 bits per heavy atom. The highest BCUT2D eigenvalue weighted by Crippen LogP contribution is 2.04. The number of rotatable bonds is 1. The molecule has 1 heterocycles. The lowest BCUT2D eigenvalue weighted by atomic mass is 10.1. The van der Waals surface area contributed by atoms with Crippen LogP contribution in [0.1, 0.15) is 20.8 Å². The van der Waals surface area contributed by atoms with E-state index in [0.717, 1.165) is 0 Å². The van der Waals surface area contributed by atoms with Gasteiger partial charge in [-0.05, 0) is 12.8 Å². The first kappa shape index (κ1) is 9.77.